The average molecular weight is 349 g/mol. The maximum absolute atomic E-state index is 9.47. The highest BCUT2D eigenvalue weighted by atomic mass is 79.9. The summed E-state index contributed by atoms with van der Waals surface area (Å²) in [5, 5.41) is 10.1. The van der Waals surface area contributed by atoms with Gasteiger partial charge < -0.3 is 14.7 Å². The summed E-state index contributed by atoms with van der Waals surface area (Å²) in [5.74, 6) is 0.713. The van der Waals surface area contributed by atoms with E-state index < -0.39 is 0 Å². The molecule has 1 aliphatic heterocycles. The van der Waals surface area contributed by atoms with Crippen LogP contribution in [0.1, 0.15) is 19.8 Å². The van der Waals surface area contributed by atoms with Crippen LogP contribution in [0.5, 0.6) is 5.75 Å². The molecule has 0 bridgehead atoms. The van der Waals surface area contributed by atoms with Gasteiger partial charge in [0.25, 0.3) is 0 Å². The van der Waals surface area contributed by atoms with Crippen molar-refractivity contribution >= 4 is 27.5 Å². The number of aliphatic hydroxyl groups is 1. The van der Waals surface area contributed by atoms with Crippen LogP contribution in [-0.2, 0) is 0 Å². The van der Waals surface area contributed by atoms with E-state index in [4.69, 9.17) is 16.3 Å². The van der Waals surface area contributed by atoms with Crippen LogP contribution in [0, 0.1) is 0 Å². The van der Waals surface area contributed by atoms with Gasteiger partial charge in [0.1, 0.15) is 5.75 Å². The van der Waals surface area contributed by atoms with Gasteiger partial charge in [0.2, 0.25) is 0 Å². The summed E-state index contributed by atoms with van der Waals surface area (Å²) in [7, 11) is 0. The minimum absolute atomic E-state index is 0.101. The second kappa shape index (κ2) is 6.93. The number of halogens is 2. The number of rotatable bonds is 5. The first kappa shape index (κ1) is 15.1. The first-order chi connectivity index (χ1) is 9.06. The van der Waals surface area contributed by atoms with Gasteiger partial charge in [-0.25, -0.2) is 0 Å². The van der Waals surface area contributed by atoms with Gasteiger partial charge in [0.05, 0.1) is 17.2 Å². The molecule has 0 aliphatic carbocycles. The summed E-state index contributed by atoms with van der Waals surface area (Å²) in [6.45, 7) is 4.75. The van der Waals surface area contributed by atoms with E-state index in [2.05, 4.69) is 20.8 Å². The van der Waals surface area contributed by atoms with Crippen molar-refractivity contribution in [2.75, 3.05) is 19.6 Å². The van der Waals surface area contributed by atoms with E-state index in [1.807, 2.05) is 25.1 Å². The quantitative estimate of drug-likeness (QED) is 0.886. The Balaban J connectivity index is 1.81. The molecule has 0 radical (unpaired) electrons. The smallest absolute Gasteiger partial charge is 0.139 e. The van der Waals surface area contributed by atoms with Crippen LogP contribution in [-0.4, -0.2) is 41.8 Å². The molecule has 5 heteroatoms. The number of aliphatic hydroxyl groups excluding tert-OH is 1. The topological polar surface area (TPSA) is 32.7 Å². The first-order valence-corrected chi connectivity index (χ1v) is 7.74. The lowest BCUT2D eigenvalue weighted by Crippen LogP contribution is -2.27. The molecule has 106 valence electrons. The van der Waals surface area contributed by atoms with Gasteiger partial charge in [-0.3, -0.25) is 0 Å². The maximum Gasteiger partial charge on any atom is 0.139 e. The van der Waals surface area contributed by atoms with E-state index in [1.54, 1.807) is 0 Å². The molecule has 2 rings (SSSR count). The SMILES string of the molecule is C[C@@H](CCN1CC[C@@H](O)C1)Oc1cccc(Br)c1Cl. The number of ether oxygens (including phenoxy) is 1. The standard InChI is InChI=1S/C14H19BrClNO2/c1-10(5-7-17-8-6-11(18)9-17)19-13-4-2-3-12(15)14(13)16/h2-4,10-11,18H,5-9H2,1H3/t10-,11+/m0/s1. The summed E-state index contributed by atoms with van der Waals surface area (Å²) >= 11 is 9.56. The molecule has 1 saturated heterocycles. The van der Waals surface area contributed by atoms with Crippen LogP contribution in [0.4, 0.5) is 0 Å². The van der Waals surface area contributed by atoms with Crippen molar-refractivity contribution in [1.29, 1.82) is 0 Å². The van der Waals surface area contributed by atoms with Gasteiger partial charge in [0, 0.05) is 24.1 Å². The molecule has 1 aliphatic rings. The van der Waals surface area contributed by atoms with E-state index >= 15 is 0 Å². The zero-order valence-corrected chi connectivity index (χ0v) is 13.3. The van der Waals surface area contributed by atoms with Crippen LogP contribution < -0.4 is 4.74 Å². The van der Waals surface area contributed by atoms with E-state index in [-0.39, 0.29) is 12.2 Å². The minimum atomic E-state index is -0.157. The van der Waals surface area contributed by atoms with Crippen molar-refractivity contribution < 1.29 is 9.84 Å². The van der Waals surface area contributed by atoms with Gasteiger partial charge in [0.15, 0.2) is 0 Å². The number of nitrogens with zero attached hydrogens (tertiary/aromatic N) is 1. The summed E-state index contributed by atoms with van der Waals surface area (Å²) in [6.07, 6.45) is 1.75. The van der Waals surface area contributed by atoms with E-state index in [9.17, 15) is 5.11 Å². The van der Waals surface area contributed by atoms with Gasteiger partial charge in [-0.2, -0.15) is 0 Å². The first-order valence-electron chi connectivity index (χ1n) is 6.57. The second-order valence-electron chi connectivity index (χ2n) is 5.01. The number of β-amino-alcohol motifs (C(OH)–C–C–N with tert-alkyl or cyclic N) is 1. The van der Waals surface area contributed by atoms with Crippen LogP contribution >= 0.6 is 27.5 Å². The van der Waals surface area contributed by atoms with Crippen molar-refractivity contribution in [2.24, 2.45) is 0 Å². The highest BCUT2D eigenvalue weighted by Crippen LogP contribution is 2.32. The Hall–Kier alpha value is -0.290. The Morgan fingerprint density at radius 2 is 2.37 bits per heavy atom. The third-order valence-corrected chi connectivity index (χ3v) is 4.62. The van der Waals surface area contributed by atoms with Crippen molar-refractivity contribution in [3.63, 3.8) is 0 Å². The fourth-order valence-corrected chi connectivity index (χ4v) is 2.75. The summed E-state index contributed by atoms with van der Waals surface area (Å²) in [6, 6.07) is 5.68. The molecule has 0 spiro atoms. The molecule has 1 aromatic carbocycles. The van der Waals surface area contributed by atoms with E-state index in [0.29, 0.717) is 10.8 Å². The van der Waals surface area contributed by atoms with E-state index in [0.717, 1.165) is 36.9 Å². The fourth-order valence-electron chi connectivity index (χ4n) is 2.23. The minimum Gasteiger partial charge on any atom is -0.489 e. The van der Waals surface area contributed by atoms with Gasteiger partial charge in [-0.05, 0) is 47.8 Å². The average Bonchev–Trinajstić information content (AvgIpc) is 2.78. The maximum atomic E-state index is 9.47. The van der Waals surface area contributed by atoms with Crippen LogP contribution in [0.2, 0.25) is 5.02 Å². The van der Waals surface area contributed by atoms with Crippen molar-refractivity contribution in [3.8, 4) is 5.75 Å². The Morgan fingerprint density at radius 1 is 1.58 bits per heavy atom. The third kappa shape index (κ3) is 4.35. The van der Waals surface area contributed by atoms with Crippen LogP contribution in [0.15, 0.2) is 22.7 Å². The molecule has 1 aromatic rings. The van der Waals surface area contributed by atoms with Gasteiger partial charge in [-0.1, -0.05) is 17.7 Å². The van der Waals surface area contributed by atoms with Crippen molar-refractivity contribution in [3.05, 3.63) is 27.7 Å². The van der Waals surface area contributed by atoms with Gasteiger partial charge in [-0.15, -0.1) is 0 Å². The largest absolute Gasteiger partial charge is 0.489 e. The monoisotopic (exact) mass is 347 g/mol. The van der Waals surface area contributed by atoms with Crippen LogP contribution in [0.25, 0.3) is 0 Å². The predicted molar refractivity (Wildman–Crippen MR) is 80.9 cm³/mol. The second-order valence-corrected chi connectivity index (χ2v) is 6.24. The Kier molecular flexibility index (Phi) is 5.51. The predicted octanol–water partition coefficient (Wildman–Crippen LogP) is 3.33. The number of hydrogen-bond acceptors (Lipinski definition) is 3. The summed E-state index contributed by atoms with van der Waals surface area (Å²) < 4.78 is 6.71. The molecule has 0 saturated carbocycles. The highest BCUT2D eigenvalue weighted by Gasteiger charge is 2.20. The molecule has 1 N–H and O–H groups in total. The lowest BCUT2D eigenvalue weighted by atomic mass is 10.2. The summed E-state index contributed by atoms with van der Waals surface area (Å²) in [5.41, 5.74) is 0. The molecular formula is C14H19BrClNO2. The van der Waals surface area contributed by atoms with Gasteiger partial charge >= 0.3 is 0 Å². The molecule has 1 heterocycles. The lowest BCUT2D eigenvalue weighted by Gasteiger charge is -2.20. The van der Waals surface area contributed by atoms with Crippen molar-refractivity contribution in [2.45, 2.75) is 32.0 Å². The molecule has 19 heavy (non-hydrogen) atoms. The zero-order chi connectivity index (χ0) is 13.8. The molecule has 1 fully saturated rings. The normalized spacial score (nSPS) is 21.6. The number of likely N-dealkylation sites (tertiary alicyclic amines) is 1. The molecule has 0 aromatic heterocycles. The Bertz CT molecular complexity index is 430. The zero-order valence-electron chi connectivity index (χ0n) is 11.0. The molecule has 2 atom stereocenters. The third-order valence-electron chi connectivity index (χ3n) is 3.34. The Labute approximate surface area is 127 Å². The number of hydrogen-bond donors (Lipinski definition) is 1. The Morgan fingerprint density at radius 3 is 3.05 bits per heavy atom. The molecular weight excluding hydrogens is 330 g/mol. The highest BCUT2D eigenvalue weighted by molar-refractivity contribution is 9.10. The molecule has 0 amide bonds. The lowest BCUT2D eigenvalue weighted by molar-refractivity contribution is 0.160. The fraction of sp³-hybridized carbons (Fsp3) is 0.571. The number of benzene rings is 1. The molecule has 0 unspecified atom stereocenters. The summed E-state index contributed by atoms with van der Waals surface area (Å²) in [4.78, 5) is 2.27. The molecule has 3 nitrogen and oxygen atoms in total. The van der Waals surface area contributed by atoms with E-state index in [1.165, 1.54) is 0 Å². The van der Waals surface area contributed by atoms with Crippen LogP contribution in [0.3, 0.4) is 0 Å². The van der Waals surface area contributed by atoms with Crippen molar-refractivity contribution in [1.82, 2.24) is 4.90 Å².